The standard InChI is InChI=1S/C16H18F3N7O/c17-16(18,19)12-7-13(21-8-20-12)26(10-1-2-10)11-3-5-25(6-4-11)15(27)14-22-9-23-24-14/h7-11H,1-6H2,(H,22,23,24). The molecular formula is C16H18F3N7O. The molecule has 2 aliphatic rings. The van der Waals surface area contributed by atoms with Crippen LogP contribution in [0, 0.1) is 0 Å². The van der Waals surface area contributed by atoms with Crippen molar-refractivity contribution in [3.63, 3.8) is 0 Å². The van der Waals surface area contributed by atoms with Gasteiger partial charge in [-0.15, -0.1) is 0 Å². The van der Waals surface area contributed by atoms with Crippen molar-refractivity contribution in [1.29, 1.82) is 0 Å². The molecule has 0 spiro atoms. The molecule has 1 aliphatic heterocycles. The van der Waals surface area contributed by atoms with Gasteiger partial charge in [-0.25, -0.2) is 15.0 Å². The van der Waals surface area contributed by atoms with E-state index < -0.39 is 11.9 Å². The maximum atomic E-state index is 13.0. The van der Waals surface area contributed by atoms with Gasteiger partial charge >= 0.3 is 6.18 Å². The van der Waals surface area contributed by atoms with Crippen molar-refractivity contribution in [2.45, 2.75) is 43.9 Å². The van der Waals surface area contributed by atoms with Crippen molar-refractivity contribution in [2.75, 3.05) is 18.0 Å². The number of carbonyl (C=O) groups is 1. The molecule has 1 saturated carbocycles. The number of carbonyl (C=O) groups excluding carboxylic acids is 1. The van der Waals surface area contributed by atoms with Gasteiger partial charge in [0.2, 0.25) is 5.82 Å². The Hall–Kier alpha value is -2.72. The second-order valence-corrected chi connectivity index (χ2v) is 6.76. The van der Waals surface area contributed by atoms with Gasteiger partial charge < -0.3 is 9.80 Å². The molecule has 0 atom stereocenters. The van der Waals surface area contributed by atoms with Gasteiger partial charge in [-0.1, -0.05) is 0 Å². The molecule has 1 aliphatic carbocycles. The third-order valence-electron chi connectivity index (χ3n) is 4.91. The lowest BCUT2D eigenvalue weighted by Crippen LogP contribution is -2.48. The second kappa shape index (κ2) is 6.78. The molecule has 1 amide bonds. The molecule has 0 radical (unpaired) electrons. The van der Waals surface area contributed by atoms with Gasteiger partial charge in [0.1, 0.15) is 24.2 Å². The number of nitrogens with one attached hydrogen (secondary N) is 1. The molecule has 2 aromatic rings. The normalized spacial score (nSPS) is 18.6. The largest absolute Gasteiger partial charge is 0.433 e. The quantitative estimate of drug-likeness (QED) is 0.870. The number of rotatable bonds is 4. The molecule has 11 heteroatoms. The van der Waals surface area contributed by atoms with E-state index in [0.29, 0.717) is 31.7 Å². The highest BCUT2D eigenvalue weighted by Crippen LogP contribution is 2.37. The average Bonchev–Trinajstić information content (AvgIpc) is 3.33. The molecule has 1 saturated heterocycles. The van der Waals surface area contributed by atoms with E-state index in [-0.39, 0.29) is 23.8 Å². The number of amides is 1. The van der Waals surface area contributed by atoms with Gasteiger partial charge in [0.15, 0.2) is 0 Å². The van der Waals surface area contributed by atoms with Gasteiger partial charge in [-0.3, -0.25) is 9.89 Å². The van der Waals surface area contributed by atoms with E-state index in [1.807, 2.05) is 4.90 Å². The minimum absolute atomic E-state index is 0.0345. The predicted molar refractivity (Wildman–Crippen MR) is 87.8 cm³/mol. The number of likely N-dealkylation sites (tertiary alicyclic amines) is 1. The fourth-order valence-electron chi connectivity index (χ4n) is 3.47. The fourth-order valence-corrected chi connectivity index (χ4v) is 3.47. The third kappa shape index (κ3) is 3.71. The highest BCUT2D eigenvalue weighted by Gasteiger charge is 2.39. The van der Waals surface area contributed by atoms with Crippen LogP contribution in [0.25, 0.3) is 0 Å². The van der Waals surface area contributed by atoms with Crippen LogP contribution in [-0.4, -0.2) is 61.1 Å². The van der Waals surface area contributed by atoms with Gasteiger partial charge in [0, 0.05) is 31.2 Å². The summed E-state index contributed by atoms with van der Waals surface area (Å²) in [6.45, 7) is 1.01. The summed E-state index contributed by atoms with van der Waals surface area (Å²) < 4.78 is 39.0. The minimum atomic E-state index is -4.50. The van der Waals surface area contributed by atoms with Crippen LogP contribution in [0.1, 0.15) is 42.0 Å². The van der Waals surface area contributed by atoms with Crippen molar-refractivity contribution >= 4 is 11.7 Å². The predicted octanol–water partition coefficient (Wildman–Crippen LogP) is 1.89. The number of aromatic nitrogens is 5. The van der Waals surface area contributed by atoms with E-state index in [1.54, 1.807) is 4.90 Å². The van der Waals surface area contributed by atoms with Gasteiger partial charge in [0.05, 0.1) is 0 Å². The van der Waals surface area contributed by atoms with Crippen molar-refractivity contribution in [1.82, 2.24) is 30.0 Å². The van der Waals surface area contributed by atoms with Crippen LogP contribution in [0.15, 0.2) is 18.7 Å². The Balaban J connectivity index is 1.48. The van der Waals surface area contributed by atoms with Gasteiger partial charge in [-0.05, 0) is 25.7 Å². The van der Waals surface area contributed by atoms with E-state index in [9.17, 15) is 18.0 Å². The second-order valence-electron chi connectivity index (χ2n) is 6.76. The van der Waals surface area contributed by atoms with Crippen LogP contribution in [-0.2, 0) is 6.18 Å². The molecular weight excluding hydrogens is 363 g/mol. The summed E-state index contributed by atoms with van der Waals surface area (Å²) in [7, 11) is 0. The number of piperidine rings is 1. The van der Waals surface area contributed by atoms with Crippen LogP contribution in [0.2, 0.25) is 0 Å². The van der Waals surface area contributed by atoms with E-state index in [1.165, 1.54) is 6.33 Å². The first-order valence-electron chi connectivity index (χ1n) is 8.75. The summed E-state index contributed by atoms with van der Waals surface area (Å²) in [5, 5.41) is 6.24. The number of aromatic amines is 1. The van der Waals surface area contributed by atoms with Crippen LogP contribution < -0.4 is 4.90 Å². The number of halogens is 3. The molecule has 2 aromatic heterocycles. The number of hydrogen-bond donors (Lipinski definition) is 1. The van der Waals surface area contributed by atoms with Gasteiger partial charge in [0.25, 0.3) is 5.91 Å². The van der Waals surface area contributed by atoms with Crippen LogP contribution in [0.5, 0.6) is 0 Å². The Kier molecular flexibility index (Phi) is 4.44. The molecule has 144 valence electrons. The lowest BCUT2D eigenvalue weighted by Gasteiger charge is -2.39. The van der Waals surface area contributed by atoms with Crippen molar-refractivity contribution < 1.29 is 18.0 Å². The summed E-state index contributed by atoms with van der Waals surface area (Å²) in [6.07, 6.45) is 0.923. The Morgan fingerprint density at radius 2 is 1.78 bits per heavy atom. The Bertz CT molecular complexity index is 799. The number of hydrogen-bond acceptors (Lipinski definition) is 6. The van der Waals surface area contributed by atoms with Crippen LogP contribution >= 0.6 is 0 Å². The highest BCUT2D eigenvalue weighted by molar-refractivity contribution is 5.90. The van der Waals surface area contributed by atoms with E-state index in [2.05, 4.69) is 25.1 Å². The lowest BCUT2D eigenvalue weighted by molar-refractivity contribution is -0.141. The summed E-state index contributed by atoms with van der Waals surface area (Å²) >= 11 is 0. The topological polar surface area (TPSA) is 90.9 Å². The zero-order chi connectivity index (χ0) is 19.0. The molecule has 1 N–H and O–H groups in total. The number of alkyl halides is 3. The van der Waals surface area contributed by atoms with Crippen LogP contribution in [0.4, 0.5) is 19.0 Å². The SMILES string of the molecule is O=C(c1ncn[nH]1)N1CCC(N(c2cc(C(F)(F)F)ncn2)C2CC2)CC1. The van der Waals surface area contributed by atoms with E-state index in [0.717, 1.165) is 25.2 Å². The van der Waals surface area contributed by atoms with E-state index in [4.69, 9.17) is 0 Å². The monoisotopic (exact) mass is 381 g/mol. The molecule has 0 bridgehead atoms. The number of anilines is 1. The van der Waals surface area contributed by atoms with Crippen molar-refractivity contribution in [3.05, 3.63) is 30.2 Å². The lowest BCUT2D eigenvalue weighted by atomic mass is 10.0. The highest BCUT2D eigenvalue weighted by atomic mass is 19.4. The summed E-state index contributed by atoms with van der Waals surface area (Å²) in [5.41, 5.74) is -0.934. The molecule has 2 fully saturated rings. The first kappa shape index (κ1) is 17.7. The fraction of sp³-hybridized carbons (Fsp3) is 0.562. The maximum absolute atomic E-state index is 13.0. The van der Waals surface area contributed by atoms with E-state index >= 15 is 0 Å². The van der Waals surface area contributed by atoms with Crippen molar-refractivity contribution in [2.24, 2.45) is 0 Å². The molecule has 8 nitrogen and oxygen atoms in total. The molecule has 27 heavy (non-hydrogen) atoms. The number of nitrogens with zero attached hydrogens (tertiary/aromatic N) is 6. The Labute approximate surface area is 152 Å². The number of H-pyrrole nitrogens is 1. The molecule has 4 rings (SSSR count). The minimum Gasteiger partial charge on any atom is -0.350 e. The molecule has 0 aromatic carbocycles. The van der Waals surface area contributed by atoms with Gasteiger partial charge in [-0.2, -0.15) is 18.3 Å². The zero-order valence-electron chi connectivity index (χ0n) is 14.4. The Morgan fingerprint density at radius 1 is 1.07 bits per heavy atom. The molecule has 3 heterocycles. The summed E-state index contributed by atoms with van der Waals surface area (Å²) in [6, 6.07) is 1.25. The van der Waals surface area contributed by atoms with Crippen LogP contribution in [0.3, 0.4) is 0 Å². The maximum Gasteiger partial charge on any atom is 0.433 e. The first-order valence-corrected chi connectivity index (χ1v) is 8.75. The molecule has 0 unspecified atom stereocenters. The summed E-state index contributed by atoms with van der Waals surface area (Å²) in [4.78, 5) is 27.3. The summed E-state index contributed by atoms with van der Waals surface area (Å²) in [5.74, 6) is 0.281. The smallest absolute Gasteiger partial charge is 0.350 e. The zero-order valence-corrected chi connectivity index (χ0v) is 14.4. The Morgan fingerprint density at radius 3 is 2.37 bits per heavy atom. The first-order chi connectivity index (χ1) is 12.9. The van der Waals surface area contributed by atoms with Crippen molar-refractivity contribution in [3.8, 4) is 0 Å². The third-order valence-corrected chi connectivity index (χ3v) is 4.91. The average molecular weight is 381 g/mol.